The molecule has 1 aromatic rings. The summed E-state index contributed by atoms with van der Waals surface area (Å²) in [6.07, 6.45) is 8.25. The fraction of sp³-hybridized carbons (Fsp3) is 0.778. The second-order valence-electron chi connectivity index (χ2n) is 7.33. The fourth-order valence-electron chi connectivity index (χ4n) is 4.19. The highest BCUT2D eigenvalue weighted by atomic mass is 32.1. The van der Waals surface area contributed by atoms with Crippen molar-refractivity contribution in [2.75, 3.05) is 19.6 Å². The molecule has 1 aliphatic carbocycles. The smallest absolute Gasteiger partial charge is 0.0309 e. The van der Waals surface area contributed by atoms with Gasteiger partial charge in [-0.25, -0.2) is 0 Å². The second kappa shape index (κ2) is 6.80. The topological polar surface area (TPSA) is 15.3 Å². The van der Waals surface area contributed by atoms with Crippen molar-refractivity contribution in [1.82, 2.24) is 10.2 Å². The van der Waals surface area contributed by atoms with Gasteiger partial charge in [0, 0.05) is 36.1 Å². The van der Waals surface area contributed by atoms with Crippen molar-refractivity contribution in [2.24, 2.45) is 5.92 Å². The maximum Gasteiger partial charge on any atom is 0.0309 e. The van der Waals surface area contributed by atoms with Crippen molar-refractivity contribution in [3.63, 3.8) is 0 Å². The quantitative estimate of drug-likeness (QED) is 0.907. The zero-order valence-electron chi connectivity index (χ0n) is 13.6. The van der Waals surface area contributed by atoms with Gasteiger partial charge in [0.2, 0.25) is 0 Å². The van der Waals surface area contributed by atoms with E-state index >= 15 is 0 Å². The molecule has 0 bridgehead atoms. The molecule has 1 atom stereocenters. The molecule has 1 spiro atoms. The molecule has 1 saturated carbocycles. The highest BCUT2D eigenvalue weighted by molar-refractivity contribution is 7.09. The van der Waals surface area contributed by atoms with Crippen LogP contribution in [-0.2, 0) is 6.42 Å². The normalized spacial score (nSPS) is 26.5. The Kier molecular flexibility index (Phi) is 5.03. The van der Waals surface area contributed by atoms with Gasteiger partial charge >= 0.3 is 0 Å². The third-order valence-electron chi connectivity index (χ3n) is 5.47. The van der Waals surface area contributed by atoms with Gasteiger partial charge in [-0.05, 0) is 36.6 Å². The van der Waals surface area contributed by atoms with Crippen LogP contribution in [0.4, 0.5) is 0 Å². The molecule has 2 fully saturated rings. The predicted octanol–water partition coefficient (Wildman–Crippen LogP) is 3.92. The highest BCUT2D eigenvalue weighted by Crippen LogP contribution is 2.33. The van der Waals surface area contributed by atoms with E-state index in [1.165, 1.54) is 63.0 Å². The first kappa shape index (κ1) is 15.5. The Labute approximate surface area is 133 Å². The maximum absolute atomic E-state index is 3.95. The van der Waals surface area contributed by atoms with E-state index in [-0.39, 0.29) is 0 Å². The zero-order chi connectivity index (χ0) is 14.7. The summed E-state index contributed by atoms with van der Waals surface area (Å²) in [7, 11) is 0. The number of thiophene rings is 1. The molecule has 3 rings (SSSR count). The van der Waals surface area contributed by atoms with E-state index < -0.39 is 0 Å². The van der Waals surface area contributed by atoms with Crippen molar-refractivity contribution >= 4 is 11.3 Å². The molecule has 2 nitrogen and oxygen atoms in total. The largest absolute Gasteiger partial charge is 0.308 e. The number of rotatable bonds is 4. The molecule has 2 heterocycles. The summed E-state index contributed by atoms with van der Waals surface area (Å²) in [5, 5.41) is 6.15. The summed E-state index contributed by atoms with van der Waals surface area (Å²) in [5.41, 5.74) is 0.430. The molecule has 1 aliphatic heterocycles. The molecule has 3 heteroatoms. The maximum atomic E-state index is 3.95. The summed E-state index contributed by atoms with van der Waals surface area (Å²) in [4.78, 5) is 4.33. The van der Waals surface area contributed by atoms with E-state index in [0.29, 0.717) is 11.6 Å². The van der Waals surface area contributed by atoms with Gasteiger partial charge in [-0.15, -0.1) is 11.3 Å². The van der Waals surface area contributed by atoms with Gasteiger partial charge in [-0.3, -0.25) is 4.90 Å². The molecule has 2 aliphatic rings. The summed E-state index contributed by atoms with van der Waals surface area (Å²) in [6.45, 7) is 8.43. The van der Waals surface area contributed by atoms with Crippen LogP contribution in [0, 0.1) is 5.92 Å². The third kappa shape index (κ3) is 3.69. The van der Waals surface area contributed by atoms with Crippen LogP contribution < -0.4 is 5.32 Å². The van der Waals surface area contributed by atoms with Gasteiger partial charge in [0.25, 0.3) is 0 Å². The fourth-order valence-corrected chi connectivity index (χ4v) is 4.88. The van der Waals surface area contributed by atoms with Crippen molar-refractivity contribution in [2.45, 2.75) is 64.0 Å². The molecule has 1 unspecified atom stereocenters. The van der Waals surface area contributed by atoms with Gasteiger partial charge < -0.3 is 5.32 Å². The number of piperazine rings is 1. The van der Waals surface area contributed by atoms with E-state index in [4.69, 9.17) is 0 Å². The average molecular weight is 307 g/mol. The molecule has 1 N–H and O–H groups in total. The Balaban J connectivity index is 1.65. The van der Waals surface area contributed by atoms with E-state index in [0.717, 1.165) is 5.92 Å². The van der Waals surface area contributed by atoms with Crippen molar-refractivity contribution in [1.29, 1.82) is 0 Å². The molecular formula is C18H30N2S. The lowest BCUT2D eigenvalue weighted by Crippen LogP contribution is -2.66. The molecule has 0 amide bonds. The van der Waals surface area contributed by atoms with Crippen LogP contribution in [0.3, 0.4) is 0 Å². The Morgan fingerprint density at radius 2 is 2.14 bits per heavy atom. The minimum absolute atomic E-state index is 0.430. The summed E-state index contributed by atoms with van der Waals surface area (Å²) in [5.74, 6) is 0.738. The predicted molar refractivity (Wildman–Crippen MR) is 92.0 cm³/mol. The Morgan fingerprint density at radius 3 is 2.81 bits per heavy atom. The monoisotopic (exact) mass is 306 g/mol. The molecule has 1 saturated heterocycles. The van der Waals surface area contributed by atoms with Crippen molar-refractivity contribution in [3.05, 3.63) is 22.4 Å². The Morgan fingerprint density at radius 1 is 1.33 bits per heavy atom. The second-order valence-corrected chi connectivity index (χ2v) is 8.37. The number of nitrogens with one attached hydrogen (secondary N) is 1. The molecular weight excluding hydrogens is 276 g/mol. The lowest BCUT2D eigenvalue weighted by atomic mass is 9.78. The van der Waals surface area contributed by atoms with Crippen LogP contribution in [0.25, 0.3) is 0 Å². The molecule has 21 heavy (non-hydrogen) atoms. The minimum Gasteiger partial charge on any atom is -0.308 e. The minimum atomic E-state index is 0.430. The number of hydrogen-bond donors (Lipinski definition) is 1. The first-order chi connectivity index (χ1) is 10.2. The van der Waals surface area contributed by atoms with Crippen LogP contribution in [0.15, 0.2) is 17.5 Å². The average Bonchev–Trinajstić information content (AvgIpc) is 2.99. The first-order valence-corrected chi connectivity index (χ1v) is 9.58. The highest BCUT2D eigenvalue weighted by Gasteiger charge is 2.40. The molecule has 118 valence electrons. The third-order valence-corrected chi connectivity index (χ3v) is 6.40. The van der Waals surface area contributed by atoms with E-state index in [1.54, 1.807) is 0 Å². The van der Waals surface area contributed by atoms with Gasteiger partial charge in [0.15, 0.2) is 0 Å². The van der Waals surface area contributed by atoms with Gasteiger partial charge in [0.1, 0.15) is 0 Å². The first-order valence-electron chi connectivity index (χ1n) is 8.70. The van der Waals surface area contributed by atoms with Crippen LogP contribution in [0.2, 0.25) is 0 Å². The van der Waals surface area contributed by atoms with Crippen LogP contribution in [-0.4, -0.2) is 36.1 Å². The summed E-state index contributed by atoms with van der Waals surface area (Å²) < 4.78 is 0. The lowest BCUT2D eigenvalue weighted by molar-refractivity contribution is 0.0375. The van der Waals surface area contributed by atoms with Gasteiger partial charge in [0.05, 0.1) is 0 Å². The Hall–Kier alpha value is -0.380. The van der Waals surface area contributed by atoms with Crippen molar-refractivity contribution < 1.29 is 0 Å². The van der Waals surface area contributed by atoms with Crippen LogP contribution >= 0.6 is 11.3 Å². The summed E-state index contributed by atoms with van der Waals surface area (Å²) in [6, 6.07) is 5.17. The number of hydrogen-bond acceptors (Lipinski definition) is 3. The zero-order valence-corrected chi connectivity index (χ0v) is 14.4. The van der Waals surface area contributed by atoms with Crippen molar-refractivity contribution in [3.8, 4) is 0 Å². The van der Waals surface area contributed by atoms with E-state index in [9.17, 15) is 0 Å². The summed E-state index contributed by atoms with van der Waals surface area (Å²) >= 11 is 1.91. The van der Waals surface area contributed by atoms with Crippen LogP contribution in [0.1, 0.15) is 50.8 Å². The van der Waals surface area contributed by atoms with E-state index in [1.807, 2.05) is 11.3 Å². The van der Waals surface area contributed by atoms with E-state index in [2.05, 4.69) is 41.6 Å². The molecule has 1 aromatic heterocycles. The number of nitrogens with zero attached hydrogens (tertiary/aromatic N) is 1. The molecule has 0 aromatic carbocycles. The Bertz CT molecular complexity index is 420. The standard InChI is InChI=1S/C18H30N2S/c1-15(2)17-13-19-18(9-4-3-5-10-18)14-20(17)11-8-16-7-6-12-21-16/h6-7,12,15,17,19H,3-5,8-11,13-14H2,1-2H3. The van der Waals surface area contributed by atoms with Crippen LogP contribution in [0.5, 0.6) is 0 Å². The van der Waals surface area contributed by atoms with Gasteiger partial charge in [-0.1, -0.05) is 39.2 Å². The SMILES string of the molecule is CC(C)C1CNC2(CCCCC2)CN1CCc1cccs1. The molecule has 0 radical (unpaired) electrons. The van der Waals surface area contributed by atoms with Gasteiger partial charge in [-0.2, -0.15) is 0 Å². The lowest BCUT2D eigenvalue weighted by Gasteiger charge is -2.51.